The van der Waals surface area contributed by atoms with Gasteiger partial charge in [-0.15, -0.1) is 0 Å². The lowest BCUT2D eigenvalue weighted by molar-refractivity contribution is -0.115. The first-order valence-corrected chi connectivity index (χ1v) is 11.1. The molecule has 2 N–H and O–H groups in total. The molecule has 3 aromatic carbocycles. The summed E-state index contributed by atoms with van der Waals surface area (Å²) in [6.45, 7) is 4.75. The maximum atomic E-state index is 12.8. The maximum Gasteiger partial charge on any atom is 0.247 e. The molecule has 4 rings (SSSR count). The quantitative estimate of drug-likeness (QED) is 0.493. The highest BCUT2D eigenvalue weighted by Crippen LogP contribution is 2.50. The fourth-order valence-electron chi connectivity index (χ4n) is 4.47. The van der Waals surface area contributed by atoms with Gasteiger partial charge >= 0.3 is 0 Å². The van der Waals surface area contributed by atoms with Crippen LogP contribution in [0.5, 0.6) is 0 Å². The molecule has 1 aliphatic rings. The molecule has 1 heterocycles. The van der Waals surface area contributed by atoms with Gasteiger partial charge in [0.15, 0.2) is 0 Å². The highest BCUT2D eigenvalue weighted by atomic mass is 79.9. The Morgan fingerprint density at radius 1 is 0.968 bits per heavy atom. The number of amides is 1. The molecule has 0 aromatic heterocycles. The van der Waals surface area contributed by atoms with Crippen LogP contribution in [0.3, 0.4) is 0 Å². The Morgan fingerprint density at radius 2 is 1.55 bits per heavy atom. The molecule has 0 spiro atoms. The zero-order chi connectivity index (χ0) is 22.0. The van der Waals surface area contributed by atoms with E-state index in [-0.39, 0.29) is 0 Å². The summed E-state index contributed by atoms with van der Waals surface area (Å²) in [5.41, 5.74) is 11.2. The Morgan fingerprint density at radius 3 is 2.13 bits per heavy atom. The van der Waals surface area contributed by atoms with Crippen LogP contribution in [0.15, 0.2) is 106 Å². The summed E-state index contributed by atoms with van der Waals surface area (Å²) in [5.74, 6) is -0.391. The first-order valence-electron chi connectivity index (χ1n) is 10.3. The lowest BCUT2D eigenvalue weighted by atomic mass is 9.74. The van der Waals surface area contributed by atoms with Crippen molar-refractivity contribution in [1.82, 2.24) is 4.90 Å². The first-order chi connectivity index (χ1) is 14.9. The Labute approximate surface area is 192 Å². The van der Waals surface area contributed by atoms with Gasteiger partial charge in [-0.2, -0.15) is 0 Å². The van der Waals surface area contributed by atoms with Crippen LogP contribution in [0.25, 0.3) is 6.08 Å². The Kier molecular flexibility index (Phi) is 5.84. The average Bonchev–Trinajstić information content (AvgIpc) is 2.97. The Balaban J connectivity index is 1.94. The monoisotopic (exact) mass is 472 g/mol. The molecular formula is C27H25BrN2O. The minimum Gasteiger partial charge on any atom is -0.366 e. The molecular weight excluding hydrogens is 448 g/mol. The first kappa shape index (κ1) is 21.1. The average molecular weight is 473 g/mol. The number of benzene rings is 3. The molecule has 1 aliphatic heterocycles. The fourth-order valence-corrected chi connectivity index (χ4v) is 4.74. The number of rotatable bonds is 5. The number of allylic oxidation sites excluding steroid dienone is 2. The normalized spacial score (nSPS) is 19.8. The zero-order valence-corrected chi connectivity index (χ0v) is 19.3. The van der Waals surface area contributed by atoms with Crippen molar-refractivity contribution in [3.05, 3.63) is 123 Å². The van der Waals surface area contributed by atoms with E-state index >= 15 is 0 Å². The number of carbonyl (C=O) groups excluding carboxylic acids is 1. The number of hydrogen-bond acceptors (Lipinski definition) is 2. The zero-order valence-electron chi connectivity index (χ0n) is 17.7. The summed E-state index contributed by atoms with van der Waals surface area (Å²) in [6.07, 6.45) is 2.17. The second-order valence-electron chi connectivity index (χ2n) is 7.97. The molecule has 31 heavy (non-hydrogen) atoms. The van der Waals surface area contributed by atoms with E-state index in [2.05, 4.69) is 70.2 Å². The summed E-state index contributed by atoms with van der Waals surface area (Å²) in [7, 11) is 0. The molecule has 1 unspecified atom stereocenters. The molecule has 0 aliphatic carbocycles. The van der Waals surface area contributed by atoms with Crippen molar-refractivity contribution < 1.29 is 4.79 Å². The van der Waals surface area contributed by atoms with Crippen LogP contribution in [-0.4, -0.2) is 10.8 Å². The number of primary amides is 1. The highest BCUT2D eigenvalue weighted by Gasteiger charge is 2.47. The third-order valence-corrected chi connectivity index (χ3v) is 6.55. The van der Waals surface area contributed by atoms with Crippen molar-refractivity contribution in [3.8, 4) is 0 Å². The van der Waals surface area contributed by atoms with Gasteiger partial charge in [0.25, 0.3) is 0 Å². The Hall–Kier alpha value is -3.11. The Bertz CT molecular complexity index is 1150. The van der Waals surface area contributed by atoms with Gasteiger partial charge in [0.2, 0.25) is 5.91 Å². The summed E-state index contributed by atoms with van der Waals surface area (Å²) in [4.78, 5) is 15.0. The third kappa shape index (κ3) is 3.96. The van der Waals surface area contributed by atoms with Crippen LogP contribution >= 0.6 is 15.9 Å². The van der Waals surface area contributed by atoms with Crippen molar-refractivity contribution in [1.29, 1.82) is 0 Å². The minimum absolute atomic E-state index is 0.391. The molecule has 0 bridgehead atoms. The number of nitrogens with two attached hydrogens (primary N) is 1. The van der Waals surface area contributed by atoms with Crippen molar-refractivity contribution in [2.24, 2.45) is 5.73 Å². The lowest BCUT2D eigenvalue weighted by Gasteiger charge is -2.33. The van der Waals surface area contributed by atoms with E-state index in [1.165, 1.54) is 5.56 Å². The minimum atomic E-state index is -0.665. The topological polar surface area (TPSA) is 46.3 Å². The van der Waals surface area contributed by atoms with Crippen LogP contribution < -0.4 is 5.73 Å². The van der Waals surface area contributed by atoms with Gasteiger partial charge in [-0.25, -0.2) is 0 Å². The largest absolute Gasteiger partial charge is 0.366 e. The van der Waals surface area contributed by atoms with Gasteiger partial charge < -0.3 is 10.6 Å². The van der Waals surface area contributed by atoms with E-state index < -0.39 is 11.3 Å². The second kappa shape index (κ2) is 8.56. The third-order valence-electron chi connectivity index (χ3n) is 6.02. The maximum absolute atomic E-state index is 12.8. The van der Waals surface area contributed by atoms with E-state index in [1.807, 2.05) is 55.5 Å². The SMILES string of the molecule is CC1=C(C(N)=O)C(C)(c2ccc(Br)cc2)/C(=C/c2ccccc2)N1Cc1ccccc1. The second-order valence-corrected chi connectivity index (χ2v) is 8.88. The molecule has 0 radical (unpaired) electrons. The van der Waals surface area contributed by atoms with Gasteiger partial charge in [0, 0.05) is 22.4 Å². The fraction of sp³-hybridized carbons (Fsp3) is 0.148. The van der Waals surface area contributed by atoms with Gasteiger partial charge in [-0.05, 0) is 48.7 Å². The highest BCUT2D eigenvalue weighted by molar-refractivity contribution is 9.10. The van der Waals surface area contributed by atoms with Crippen LogP contribution in [0, 0.1) is 0 Å². The summed E-state index contributed by atoms with van der Waals surface area (Å²) < 4.78 is 0.994. The smallest absolute Gasteiger partial charge is 0.247 e. The predicted molar refractivity (Wildman–Crippen MR) is 130 cm³/mol. The molecule has 0 saturated heterocycles. The summed E-state index contributed by atoms with van der Waals surface area (Å²) >= 11 is 3.52. The van der Waals surface area contributed by atoms with Crippen molar-refractivity contribution in [3.63, 3.8) is 0 Å². The number of halogens is 1. The molecule has 4 heteroatoms. The van der Waals surface area contributed by atoms with Crippen LogP contribution in [0.1, 0.15) is 30.5 Å². The van der Waals surface area contributed by atoms with Crippen LogP contribution in [0.4, 0.5) is 0 Å². The van der Waals surface area contributed by atoms with Crippen molar-refractivity contribution in [2.75, 3.05) is 0 Å². The summed E-state index contributed by atoms with van der Waals surface area (Å²) in [5, 5.41) is 0. The molecule has 3 nitrogen and oxygen atoms in total. The molecule has 156 valence electrons. The molecule has 1 atom stereocenters. The molecule has 1 amide bonds. The molecule has 0 fully saturated rings. The van der Waals surface area contributed by atoms with Gasteiger partial charge in [0.05, 0.1) is 11.0 Å². The number of nitrogens with zero attached hydrogens (tertiary/aromatic N) is 1. The summed E-state index contributed by atoms with van der Waals surface area (Å²) in [6, 6.07) is 28.6. The van der Waals surface area contributed by atoms with E-state index in [0.29, 0.717) is 12.1 Å². The van der Waals surface area contributed by atoms with E-state index in [4.69, 9.17) is 5.73 Å². The van der Waals surface area contributed by atoms with Crippen molar-refractivity contribution in [2.45, 2.75) is 25.8 Å². The van der Waals surface area contributed by atoms with Gasteiger partial charge in [0.1, 0.15) is 0 Å². The van der Waals surface area contributed by atoms with Gasteiger partial charge in [-0.3, -0.25) is 4.79 Å². The molecule has 0 saturated carbocycles. The lowest BCUT2D eigenvalue weighted by Crippen LogP contribution is -2.33. The number of carbonyl (C=O) groups is 1. The van der Waals surface area contributed by atoms with E-state index in [0.717, 1.165) is 27.0 Å². The van der Waals surface area contributed by atoms with Crippen LogP contribution in [0.2, 0.25) is 0 Å². The van der Waals surface area contributed by atoms with E-state index in [1.54, 1.807) is 0 Å². The van der Waals surface area contributed by atoms with E-state index in [9.17, 15) is 4.79 Å². The van der Waals surface area contributed by atoms with Crippen LogP contribution in [-0.2, 0) is 16.8 Å². The standard InChI is InChI=1S/C27H25BrN2O/c1-19-25(26(29)31)27(2,22-13-15-23(28)16-14-22)24(17-20-9-5-3-6-10-20)30(19)18-21-11-7-4-8-12-21/h3-17H,18H2,1-2H3,(H2,29,31)/b24-17-. The predicted octanol–water partition coefficient (Wildman–Crippen LogP) is 6.02. The van der Waals surface area contributed by atoms with Crippen molar-refractivity contribution >= 4 is 27.9 Å². The molecule has 3 aromatic rings. The van der Waals surface area contributed by atoms with Gasteiger partial charge in [-0.1, -0.05) is 88.7 Å². The number of hydrogen-bond donors (Lipinski definition) is 1.